The molecular formula is C13H22O3. The molecule has 3 nitrogen and oxygen atoms in total. The summed E-state index contributed by atoms with van der Waals surface area (Å²) in [6, 6.07) is 0. The first-order valence-corrected chi connectivity index (χ1v) is 6.15. The number of carbonyl (C=O) groups excluding carboxylic acids is 1. The number of hydrogen-bond donors (Lipinski definition) is 0. The van der Waals surface area contributed by atoms with Crippen LogP contribution in [-0.4, -0.2) is 25.3 Å². The zero-order chi connectivity index (χ0) is 11.8. The molecule has 16 heavy (non-hydrogen) atoms. The monoisotopic (exact) mass is 226 g/mol. The Balaban J connectivity index is 1.97. The van der Waals surface area contributed by atoms with Crippen LogP contribution in [0.3, 0.4) is 0 Å². The van der Waals surface area contributed by atoms with Crippen molar-refractivity contribution in [3.63, 3.8) is 0 Å². The van der Waals surface area contributed by atoms with Crippen LogP contribution in [0.5, 0.6) is 0 Å². The van der Waals surface area contributed by atoms with Gasteiger partial charge in [0.25, 0.3) is 0 Å². The third-order valence-electron chi connectivity index (χ3n) is 2.83. The van der Waals surface area contributed by atoms with Crippen molar-refractivity contribution in [3.8, 4) is 0 Å². The SMILES string of the molecule is CCCCCC1OC1C/C=C/CC(=O)OC. The number of hydrogen-bond acceptors (Lipinski definition) is 3. The zero-order valence-electron chi connectivity index (χ0n) is 10.3. The Bertz CT molecular complexity index is 235. The van der Waals surface area contributed by atoms with E-state index in [1.807, 2.05) is 12.2 Å². The van der Waals surface area contributed by atoms with Gasteiger partial charge < -0.3 is 9.47 Å². The van der Waals surface area contributed by atoms with Gasteiger partial charge in [-0.05, 0) is 12.8 Å². The van der Waals surface area contributed by atoms with Crippen molar-refractivity contribution in [2.45, 2.75) is 57.7 Å². The van der Waals surface area contributed by atoms with Gasteiger partial charge in [0.1, 0.15) is 0 Å². The van der Waals surface area contributed by atoms with Gasteiger partial charge in [-0.2, -0.15) is 0 Å². The normalized spacial score (nSPS) is 23.6. The molecule has 0 saturated carbocycles. The van der Waals surface area contributed by atoms with E-state index in [4.69, 9.17) is 4.74 Å². The highest BCUT2D eigenvalue weighted by atomic mass is 16.6. The van der Waals surface area contributed by atoms with Gasteiger partial charge in [0.15, 0.2) is 0 Å². The standard InChI is InChI=1S/C13H22O3/c1-3-4-5-8-11-12(16-11)9-6-7-10-13(14)15-2/h6-7,11-12H,3-5,8-10H2,1-2H3/b7-6+. The topological polar surface area (TPSA) is 38.8 Å². The highest BCUT2D eigenvalue weighted by molar-refractivity contribution is 5.70. The average molecular weight is 226 g/mol. The lowest BCUT2D eigenvalue weighted by molar-refractivity contribution is -0.139. The van der Waals surface area contributed by atoms with Gasteiger partial charge in [-0.15, -0.1) is 0 Å². The summed E-state index contributed by atoms with van der Waals surface area (Å²) in [6.45, 7) is 2.21. The van der Waals surface area contributed by atoms with Crippen LogP contribution in [0.2, 0.25) is 0 Å². The molecule has 0 N–H and O–H groups in total. The molecule has 0 bridgehead atoms. The van der Waals surface area contributed by atoms with E-state index < -0.39 is 0 Å². The van der Waals surface area contributed by atoms with Gasteiger partial charge >= 0.3 is 5.97 Å². The van der Waals surface area contributed by atoms with Crippen molar-refractivity contribution in [3.05, 3.63) is 12.2 Å². The molecule has 1 saturated heterocycles. The third-order valence-corrected chi connectivity index (χ3v) is 2.83. The quantitative estimate of drug-likeness (QED) is 0.276. The van der Waals surface area contributed by atoms with Crippen molar-refractivity contribution in [1.82, 2.24) is 0 Å². The maximum Gasteiger partial charge on any atom is 0.309 e. The summed E-state index contributed by atoms with van der Waals surface area (Å²) >= 11 is 0. The van der Waals surface area contributed by atoms with Crippen LogP contribution in [0, 0.1) is 0 Å². The minimum absolute atomic E-state index is 0.188. The Hall–Kier alpha value is -0.830. The van der Waals surface area contributed by atoms with E-state index in [2.05, 4.69) is 11.7 Å². The number of unbranched alkanes of at least 4 members (excludes halogenated alkanes) is 2. The Labute approximate surface area is 97.8 Å². The second-order valence-corrected chi connectivity index (χ2v) is 4.20. The minimum Gasteiger partial charge on any atom is -0.469 e. The summed E-state index contributed by atoms with van der Waals surface area (Å²) in [4.78, 5) is 10.8. The fourth-order valence-electron chi connectivity index (χ4n) is 1.73. The highest BCUT2D eigenvalue weighted by Crippen LogP contribution is 2.30. The van der Waals surface area contributed by atoms with E-state index in [9.17, 15) is 4.79 Å². The van der Waals surface area contributed by atoms with Gasteiger partial charge in [0.05, 0.1) is 25.7 Å². The van der Waals surface area contributed by atoms with Crippen LogP contribution in [-0.2, 0) is 14.3 Å². The first kappa shape index (κ1) is 13.2. The van der Waals surface area contributed by atoms with Crippen molar-refractivity contribution in [2.75, 3.05) is 7.11 Å². The molecule has 1 heterocycles. The molecule has 0 amide bonds. The molecule has 92 valence electrons. The fourth-order valence-corrected chi connectivity index (χ4v) is 1.73. The number of esters is 1. The minimum atomic E-state index is -0.188. The van der Waals surface area contributed by atoms with E-state index in [0.717, 1.165) is 6.42 Å². The molecule has 0 aromatic heterocycles. The second kappa shape index (κ2) is 7.44. The Kier molecular flexibility index (Phi) is 6.16. The number of rotatable bonds is 8. The summed E-state index contributed by atoms with van der Waals surface area (Å²) in [5.74, 6) is -0.188. The van der Waals surface area contributed by atoms with Gasteiger partial charge in [0, 0.05) is 0 Å². The van der Waals surface area contributed by atoms with Crippen molar-refractivity contribution in [2.24, 2.45) is 0 Å². The smallest absolute Gasteiger partial charge is 0.309 e. The molecule has 0 aromatic rings. The van der Waals surface area contributed by atoms with E-state index in [0.29, 0.717) is 18.6 Å². The Morgan fingerprint density at radius 2 is 2.12 bits per heavy atom. The molecule has 1 aliphatic heterocycles. The van der Waals surface area contributed by atoms with Gasteiger partial charge in [-0.25, -0.2) is 0 Å². The largest absolute Gasteiger partial charge is 0.469 e. The molecule has 2 atom stereocenters. The molecule has 0 aliphatic carbocycles. The Morgan fingerprint density at radius 1 is 1.31 bits per heavy atom. The van der Waals surface area contributed by atoms with Crippen molar-refractivity contribution in [1.29, 1.82) is 0 Å². The summed E-state index contributed by atoms with van der Waals surface area (Å²) in [5.41, 5.74) is 0. The summed E-state index contributed by atoms with van der Waals surface area (Å²) in [5, 5.41) is 0. The van der Waals surface area contributed by atoms with Crippen LogP contribution in [0.15, 0.2) is 12.2 Å². The van der Waals surface area contributed by atoms with E-state index in [-0.39, 0.29) is 5.97 Å². The highest BCUT2D eigenvalue weighted by Gasteiger charge is 2.36. The molecule has 0 radical (unpaired) electrons. The zero-order valence-corrected chi connectivity index (χ0v) is 10.3. The van der Waals surface area contributed by atoms with E-state index in [1.54, 1.807) is 0 Å². The lowest BCUT2D eigenvalue weighted by atomic mass is 10.1. The first-order chi connectivity index (χ1) is 7.77. The second-order valence-electron chi connectivity index (χ2n) is 4.20. The van der Waals surface area contributed by atoms with Crippen molar-refractivity contribution >= 4 is 5.97 Å². The van der Waals surface area contributed by atoms with Gasteiger partial charge in [-0.1, -0.05) is 38.3 Å². The third kappa shape index (κ3) is 5.31. The van der Waals surface area contributed by atoms with Crippen LogP contribution in [0.4, 0.5) is 0 Å². The van der Waals surface area contributed by atoms with Crippen LogP contribution < -0.4 is 0 Å². The Morgan fingerprint density at radius 3 is 2.81 bits per heavy atom. The summed E-state index contributed by atoms with van der Waals surface area (Å²) < 4.78 is 10.1. The van der Waals surface area contributed by atoms with Crippen LogP contribution in [0.25, 0.3) is 0 Å². The molecule has 1 aliphatic rings. The number of epoxide rings is 1. The predicted molar refractivity (Wildman–Crippen MR) is 63.2 cm³/mol. The van der Waals surface area contributed by atoms with Gasteiger partial charge in [0.2, 0.25) is 0 Å². The van der Waals surface area contributed by atoms with Crippen LogP contribution >= 0.6 is 0 Å². The van der Waals surface area contributed by atoms with E-state index >= 15 is 0 Å². The van der Waals surface area contributed by atoms with Crippen molar-refractivity contribution < 1.29 is 14.3 Å². The fraction of sp³-hybridized carbons (Fsp3) is 0.769. The molecule has 3 heteroatoms. The van der Waals surface area contributed by atoms with Crippen LogP contribution in [0.1, 0.15) is 45.4 Å². The molecular weight excluding hydrogens is 204 g/mol. The summed E-state index contributed by atoms with van der Waals surface area (Å²) in [6.07, 6.45) is 11.0. The number of carbonyl (C=O) groups is 1. The lowest BCUT2D eigenvalue weighted by Crippen LogP contribution is -1.97. The maximum atomic E-state index is 10.8. The van der Waals surface area contributed by atoms with E-state index in [1.165, 1.54) is 32.8 Å². The molecule has 1 fully saturated rings. The molecule has 0 aromatic carbocycles. The predicted octanol–water partition coefficient (Wildman–Crippen LogP) is 2.84. The first-order valence-electron chi connectivity index (χ1n) is 6.15. The maximum absolute atomic E-state index is 10.8. The molecule has 1 rings (SSSR count). The number of methoxy groups -OCH3 is 1. The molecule has 0 spiro atoms. The average Bonchev–Trinajstić information content (AvgIpc) is 3.03. The summed E-state index contributed by atoms with van der Waals surface area (Å²) in [7, 11) is 1.41. The lowest BCUT2D eigenvalue weighted by Gasteiger charge is -1.93. The van der Waals surface area contributed by atoms with Gasteiger partial charge in [-0.3, -0.25) is 4.79 Å². The number of ether oxygens (including phenoxy) is 2. The molecule has 2 unspecified atom stereocenters.